The van der Waals surface area contributed by atoms with E-state index >= 15 is 0 Å². The molecule has 3 nitrogen and oxygen atoms in total. The van der Waals surface area contributed by atoms with E-state index in [0.717, 1.165) is 16.8 Å². The molecule has 0 aliphatic rings. The Morgan fingerprint density at radius 3 is 2.84 bits per heavy atom. The summed E-state index contributed by atoms with van der Waals surface area (Å²) in [4.78, 5) is 4.27. The second kappa shape index (κ2) is 10.1. The van der Waals surface area contributed by atoms with Crippen LogP contribution >= 0.6 is 9.64 Å². The number of pyridine rings is 1. The van der Waals surface area contributed by atoms with E-state index in [9.17, 15) is 0 Å². The Labute approximate surface area is 127 Å². The first-order chi connectivity index (χ1) is 9.40. The molecule has 2 aromatic rings. The van der Waals surface area contributed by atoms with Crippen LogP contribution in [0.1, 0.15) is 5.56 Å². The normalized spacial score (nSPS) is 9.63. The molecule has 103 valence electrons. The average molecular weight is 454 g/mol. The minimum atomic E-state index is 0.0477. The SMILES string of the molecule is OCCOCc1cc[c-]c(-c2ccccn2)c1.[Cl][Os]. The molecule has 0 fully saturated rings. The van der Waals surface area contributed by atoms with Crippen molar-refractivity contribution in [2.24, 2.45) is 0 Å². The molecule has 0 aliphatic heterocycles. The topological polar surface area (TPSA) is 42.4 Å². The van der Waals surface area contributed by atoms with Crippen LogP contribution in [0.15, 0.2) is 42.6 Å². The van der Waals surface area contributed by atoms with Crippen molar-refractivity contribution in [1.29, 1.82) is 0 Å². The second-order valence-electron chi connectivity index (χ2n) is 3.60. The molecule has 0 amide bonds. The molecule has 0 radical (unpaired) electrons. The zero-order chi connectivity index (χ0) is 13.9. The molecule has 5 heteroatoms. The quantitative estimate of drug-likeness (QED) is 0.559. The van der Waals surface area contributed by atoms with Gasteiger partial charge in [-0.3, -0.25) is 0 Å². The van der Waals surface area contributed by atoms with E-state index in [2.05, 4.69) is 20.7 Å². The summed E-state index contributed by atoms with van der Waals surface area (Å²) < 4.78 is 5.28. The maximum absolute atomic E-state index is 8.64. The van der Waals surface area contributed by atoms with Gasteiger partial charge in [0.1, 0.15) is 0 Å². The molecule has 1 aromatic heterocycles. The maximum atomic E-state index is 8.64. The summed E-state index contributed by atoms with van der Waals surface area (Å²) in [7, 11) is 4.67. The van der Waals surface area contributed by atoms with Gasteiger partial charge in [0.05, 0.1) is 19.8 Å². The Morgan fingerprint density at radius 1 is 1.32 bits per heavy atom. The molecule has 0 aliphatic carbocycles. The minimum absolute atomic E-state index is 0.0477. The van der Waals surface area contributed by atoms with Crippen molar-refractivity contribution in [2.45, 2.75) is 6.61 Å². The summed E-state index contributed by atoms with van der Waals surface area (Å²) in [5, 5.41) is 8.64. The third kappa shape index (κ3) is 5.80. The van der Waals surface area contributed by atoms with Gasteiger partial charge >= 0.3 is 27.2 Å². The molecule has 0 unspecified atom stereocenters. The van der Waals surface area contributed by atoms with Crippen LogP contribution in [-0.2, 0) is 28.9 Å². The number of nitrogens with zero attached hydrogens (tertiary/aromatic N) is 1. The molecular formula is C14H14ClNO2Os-. The van der Waals surface area contributed by atoms with Gasteiger partial charge in [0.25, 0.3) is 0 Å². The molecule has 1 heterocycles. The Morgan fingerprint density at radius 2 is 2.16 bits per heavy atom. The van der Waals surface area contributed by atoms with Crippen LogP contribution in [0.4, 0.5) is 0 Å². The molecule has 1 aromatic carbocycles. The number of aromatic nitrogens is 1. The fourth-order valence-electron chi connectivity index (χ4n) is 1.53. The predicted molar refractivity (Wildman–Crippen MR) is 71.1 cm³/mol. The van der Waals surface area contributed by atoms with Gasteiger partial charge in [-0.15, -0.1) is 35.4 Å². The number of rotatable bonds is 5. The van der Waals surface area contributed by atoms with E-state index < -0.39 is 0 Å². The first-order valence-corrected chi connectivity index (χ1v) is 8.79. The molecule has 0 saturated carbocycles. The predicted octanol–water partition coefficient (Wildman–Crippen LogP) is 2.74. The van der Waals surface area contributed by atoms with Gasteiger partial charge in [0.2, 0.25) is 0 Å². The van der Waals surface area contributed by atoms with Crippen molar-refractivity contribution in [3.8, 4) is 11.3 Å². The molecule has 0 atom stereocenters. The third-order valence-corrected chi connectivity index (χ3v) is 2.31. The zero-order valence-corrected chi connectivity index (χ0v) is 13.5. The summed E-state index contributed by atoms with van der Waals surface area (Å²) in [6, 6.07) is 14.7. The van der Waals surface area contributed by atoms with E-state index in [1.165, 1.54) is 17.6 Å². The fraction of sp³-hybridized carbons (Fsp3) is 0.214. The van der Waals surface area contributed by atoms with Crippen molar-refractivity contribution in [3.63, 3.8) is 0 Å². The van der Waals surface area contributed by atoms with Gasteiger partial charge in [0, 0.05) is 6.20 Å². The van der Waals surface area contributed by atoms with E-state index in [4.69, 9.17) is 9.84 Å². The second-order valence-corrected chi connectivity index (χ2v) is 3.60. The van der Waals surface area contributed by atoms with Gasteiger partial charge in [-0.05, 0) is 11.8 Å². The molecule has 0 bridgehead atoms. The first-order valence-electron chi connectivity index (χ1n) is 5.64. The van der Waals surface area contributed by atoms with E-state index in [0.29, 0.717) is 13.2 Å². The summed E-state index contributed by atoms with van der Waals surface area (Å²) >= 11 is 1.33. The van der Waals surface area contributed by atoms with Crippen LogP contribution in [-0.4, -0.2) is 23.3 Å². The average Bonchev–Trinajstić information content (AvgIpc) is 2.51. The molecule has 19 heavy (non-hydrogen) atoms. The van der Waals surface area contributed by atoms with E-state index in [1.54, 1.807) is 6.20 Å². The van der Waals surface area contributed by atoms with Gasteiger partial charge in [0.15, 0.2) is 0 Å². The number of ether oxygens (including phenoxy) is 1. The van der Waals surface area contributed by atoms with Crippen molar-refractivity contribution >= 4 is 9.64 Å². The Hall–Kier alpha value is -0.784. The molecule has 0 saturated heterocycles. The van der Waals surface area contributed by atoms with Crippen LogP contribution in [0.3, 0.4) is 0 Å². The number of benzene rings is 1. The Balaban J connectivity index is 0.000000861. The van der Waals surface area contributed by atoms with Crippen molar-refractivity contribution < 1.29 is 27.4 Å². The molecule has 0 spiro atoms. The van der Waals surface area contributed by atoms with Crippen LogP contribution in [0.25, 0.3) is 11.3 Å². The number of hydrogen-bond donors (Lipinski definition) is 1. The first kappa shape index (κ1) is 16.3. The van der Waals surface area contributed by atoms with Gasteiger partial charge in [-0.25, -0.2) is 0 Å². The summed E-state index contributed by atoms with van der Waals surface area (Å²) in [5.41, 5.74) is 2.91. The van der Waals surface area contributed by atoms with Gasteiger partial charge < -0.3 is 14.8 Å². The number of hydrogen-bond acceptors (Lipinski definition) is 3. The van der Waals surface area contributed by atoms with Crippen LogP contribution in [0.5, 0.6) is 0 Å². The van der Waals surface area contributed by atoms with E-state index in [1.807, 2.05) is 36.4 Å². The van der Waals surface area contributed by atoms with Crippen LogP contribution in [0, 0.1) is 6.07 Å². The number of halogens is 1. The third-order valence-electron chi connectivity index (χ3n) is 2.31. The zero-order valence-electron chi connectivity index (χ0n) is 10.2. The van der Waals surface area contributed by atoms with Crippen molar-refractivity contribution in [3.05, 3.63) is 54.2 Å². The van der Waals surface area contributed by atoms with Gasteiger partial charge in [-0.2, -0.15) is 0 Å². The van der Waals surface area contributed by atoms with Crippen molar-refractivity contribution in [1.82, 2.24) is 4.98 Å². The molecular weight excluding hydrogens is 440 g/mol. The monoisotopic (exact) mass is 455 g/mol. The Bertz CT molecular complexity index is 468. The molecule has 2 rings (SSSR count). The summed E-state index contributed by atoms with van der Waals surface area (Å²) in [5.74, 6) is 0. The fourth-order valence-corrected chi connectivity index (χ4v) is 1.53. The molecule has 1 N–H and O–H groups in total. The van der Waals surface area contributed by atoms with E-state index in [-0.39, 0.29) is 6.61 Å². The summed E-state index contributed by atoms with van der Waals surface area (Å²) in [6.45, 7) is 0.901. The standard InChI is InChI=1S/C14H14NO2.ClH.Os/c16-8-9-17-11-12-4-3-5-13(10-12)14-6-1-2-7-15-14;;/h1-4,6-7,10,16H,8-9,11H2;1H;/q-1;;+1/p-1. The number of aliphatic hydroxyl groups excluding tert-OH is 1. The number of aliphatic hydroxyl groups is 1. The Kier molecular flexibility index (Phi) is 8.61. The van der Waals surface area contributed by atoms with Crippen LogP contribution in [0.2, 0.25) is 0 Å². The summed E-state index contributed by atoms with van der Waals surface area (Å²) in [6.07, 6.45) is 1.76. The van der Waals surface area contributed by atoms with Crippen molar-refractivity contribution in [2.75, 3.05) is 13.2 Å². The van der Waals surface area contributed by atoms with Crippen LogP contribution < -0.4 is 0 Å². The van der Waals surface area contributed by atoms with Gasteiger partial charge in [-0.1, -0.05) is 12.1 Å².